The number of rotatable bonds is 1. The summed E-state index contributed by atoms with van der Waals surface area (Å²) in [5.41, 5.74) is 1.82. The lowest BCUT2D eigenvalue weighted by Crippen LogP contribution is -2.12. The van der Waals surface area contributed by atoms with Crippen LogP contribution in [0.25, 0.3) is 11.2 Å². The lowest BCUT2D eigenvalue weighted by Gasteiger charge is -1.94. The van der Waals surface area contributed by atoms with Crippen molar-refractivity contribution in [3.05, 3.63) is 16.2 Å². The fourth-order valence-corrected chi connectivity index (χ4v) is 1.25. The van der Waals surface area contributed by atoms with Crippen LogP contribution in [0.3, 0.4) is 0 Å². The quantitative estimate of drug-likeness (QED) is 0.647. The highest BCUT2D eigenvalue weighted by Crippen LogP contribution is 2.07. The van der Waals surface area contributed by atoms with Gasteiger partial charge in [-0.2, -0.15) is 0 Å². The first kappa shape index (κ1) is 7.90. The molecular weight excluding hydrogens is 170 g/mol. The third kappa shape index (κ3) is 1.02. The minimum Gasteiger partial charge on any atom is -0.302 e. The van der Waals surface area contributed by atoms with Crippen LogP contribution in [0.15, 0.2) is 4.79 Å². The van der Waals surface area contributed by atoms with Crippen LogP contribution in [-0.2, 0) is 13.5 Å². The molecular formula is C7H9N5O. The van der Waals surface area contributed by atoms with Gasteiger partial charge in [-0.05, 0) is 11.6 Å². The van der Waals surface area contributed by atoms with Gasteiger partial charge in [0.2, 0.25) is 0 Å². The van der Waals surface area contributed by atoms with Crippen molar-refractivity contribution in [1.29, 1.82) is 0 Å². The molecule has 0 aliphatic rings. The Bertz CT molecular complexity index is 497. The maximum absolute atomic E-state index is 11.2. The summed E-state index contributed by atoms with van der Waals surface area (Å²) in [7, 11) is 1.65. The summed E-state index contributed by atoms with van der Waals surface area (Å²) in [6.07, 6.45) is 0.728. The molecule has 0 aromatic carbocycles. The highest BCUT2D eigenvalue weighted by Gasteiger charge is 2.08. The van der Waals surface area contributed by atoms with Crippen molar-refractivity contribution in [2.75, 3.05) is 0 Å². The lowest BCUT2D eigenvalue weighted by molar-refractivity contribution is 0.809. The summed E-state index contributed by atoms with van der Waals surface area (Å²) in [6.45, 7) is 1.95. The average molecular weight is 179 g/mol. The van der Waals surface area contributed by atoms with E-state index in [1.165, 1.54) is 4.57 Å². The van der Waals surface area contributed by atoms with E-state index in [1.54, 1.807) is 7.05 Å². The normalized spacial score (nSPS) is 10.9. The van der Waals surface area contributed by atoms with E-state index in [9.17, 15) is 4.79 Å². The van der Waals surface area contributed by atoms with E-state index >= 15 is 0 Å². The second-order valence-electron chi connectivity index (χ2n) is 2.78. The molecule has 0 aliphatic carbocycles. The summed E-state index contributed by atoms with van der Waals surface area (Å²) < 4.78 is 1.42. The number of nitrogens with zero attached hydrogens (tertiary/aromatic N) is 4. The molecule has 6 nitrogen and oxygen atoms in total. The molecule has 0 aliphatic heterocycles. The zero-order valence-electron chi connectivity index (χ0n) is 7.40. The Hall–Kier alpha value is -1.72. The van der Waals surface area contributed by atoms with Crippen molar-refractivity contribution in [2.45, 2.75) is 13.3 Å². The predicted molar refractivity (Wildman–Crippen MR) is 46.3 cm³/mol. The van der Waals surface area contributed by atoms with E-state index in [2.05, 4.69) is 20.4 Å². The Labute approximate surface area is 73.6 Å². The van der Waals surface area contributed by atoms with Gasteiger partial charge in [-0.3, -0.25) is 4.57 Å². The molecule has 0 fully saturated rings. The number of aryl methyl sites for hydroxylation is 2. The number of aromatic amines is 1. The molecule has 2 aromatic heterocycles. The lowest BCUT2D eigenvalue weighted by atomic mass is 10.3. The topological polar surface area (TPSA) is 76.5 Å². The van der Waals surface area contributed by atoms with Crippen molar-refractivity contribution in [2.24, 2.45) is 7.05 Å². The number of hydrogen-bond donors (Lipinski definition) is 1. The van der Waals surface area contributed by atoms with Crippen LogP contribution in [0.4, 0.5) is 0 Å². The van der Waals surface area contributed by atoms with Gasteiger partial charge in [0, 0.05) is 7.05 Å². The molecule has 0 atom stereocenters. The second-order valence-corrected chi connectivity index (χ2v) is 2.78. The smallest absolute Gasteiger partial charge is 0.302 e. The predicted octanol–water partition coefficient (Wildman–Crippen LogP) is -0.386. The Morgan fingerprint density at radius 3 is 2.92 bits per heavy atom. The van der Waals surface area contributed by atoms with Crippen LogP contribution in [0.5, 0.6) is 0 Å². The molecule has 0 radical (unpaired) electrons. The first-order valence-electron chi connectivity index (χ1n) is 4.01. The fraction of sp³-hybridized carbons (Fsp3) is 0.429. The van der Waals surface area contributed by atoms with Crippen molar-refractivity contribution in [3.63, 3.8) is 0 Å². The molecule has 13 heavy (non-hydrogen) atoms. The van der Waals surface area contributed by atoms with Crippen molar-refractivity contribution >= 4 is 11.2 Å². The SMILES string of the molecule is CCc1nnnc2c1[nH]c(=O)n2C. The van der Waals surface area contributed by atoms with E-state index in [4.69, 9.17) is 0 Å². The largest absolute Gasteiger partial charge is 0.327 e. The van der Waals surface area contributed by atoms with Gasteiger partial charge in [0.05, 0.1) is 5.69 Å². The number of imidazole rings is 1. The number of H-pyrrole nitrogens is 1. The number of fused-ring (bicyclic) bond motifs is 1. The third-order valence-corrected chi connectivity index (χ3v) is 2.01. The van der Waals surface area contributed by atoms with Crippen molar-refractivity contribution < 1.29 is 0 Å². The highest BCUT2D eigenvalue weighted by molar-refractivity contribution is 5.72. The Morgan fingerprint density at radius 1 is 1.46 bits per heavy atom. The van der Waals surface area contributed by atoms with Gasteiger partial charge in [0.25, 0.3) is 0 Å². The van der Waals surface area contributed by atoms with E-state index in [-0.39, 0.29) is 5.69 Å². The van der Waals surface area contributed by atoms with E-state index in [1.807, 2.05) is 6.92 Å². The molecule has 0 amide bonds. The van der Waals surface area contributed by atoms with Gasteiger partial charge < -0.3 is 4.98 Å². The third-order valence-electron chi connectivity index (χ3n) is 2.01. The zero-order valence-corrected chi connectivity index (χ0v) is 7.40. The summed E-state index contributed by atoms with van der Waals surface area (Å²) in [4.78, 5) is 13.9. The molecule has 2 rings (SSSR count). The molecule has 2 heterocycles. The molecule has 6 heteroatoms. The number of hydrogen-bond acceptors (Lipinski definition) is 4. The monoisotopic (exact) mass is 179 g/mol. The van der Waals surface area contributed by atoms with Crippen LogP contribution >= 0.6 is 0 Å². The summed E-state index contributed by atoms with van der Waals surface area (Å²) in [6, 6.07) is 0. The van der Waals surface area contributed by atoms with Gasteiger partial charge in [-0.15, -0.1) is 10.2 Å². The van der Waals surface area contributed by atoms with E-state index in [0.717, 1.165) is 12.1 Å². The molecule has 0 spiro atoms. The summed E-state index contributed by atoms with van der Waals surface area (Å²) >= 11 is 0. The van der Waals surface area contributed by atoms with Crippen LogP contribution in [-0.4, -0.2) is 25.0 Å². The summed E-state index contributed by atoms with van der Waals surface area (Å²) in [5, 5.41) is 11.2. The van der Waals surface area contributed by atoms with Gasteiger partial charge in [0.15, 0.2) is 5.65 Å². The van der Waals surface area contributed by atoms with Crippen molar-refractivity contribution in [1.82, 2.24) is 25.0 Å². The first-order chi connectivity index (χ1) is 6.24. The number of aromatic nitrogens is 5. The maximum Gasteiger partial charge on any atom is 0.327 e. The molecule has 68 valence electrons. The van der Waals surface area contributed by atoms with Gasteiger partial charge in [-0.25, -0.2) is 4.79 Å². The standard InChI is InChI=1S/C7H9N5O/c1-3-4-5-6(10-11-9-4)12(2)7(13)8-5/h3H2,1-2H3,(H,8,13). The molecule has 0 saturated carbocycles. The maximum atomic E-state index is 11.2. The Morgan fingerprint density at radius 2 is 2.23 bits per heavy atom. The van der Waals surface area contributed by atoms with Crippen LogP contribution in [0.1, 0.15) is 12.6 Å². The Balaban J connectivity index is 2.92. The van der Waals surface area contributed by atoms with Crippen LogP contribution in [0.2, 0.25) is 0 Å². The van der Waals surface area contributed by atoms with Crippen molar-refractivity contribution in [3.8, 4) is 0 Å². The average Bonchev–Trinajstić information content (AvgIpc) is 2.43. The first-order valence-corrected chi connectivity index (χ1v) is 4.01. The molecule has 0 saturated heterocycles. The minimum absolute atomic E-state index is 0.188. The molecule has 0 bridgehead atoms. The molecule has 0 unspecified atom stereocenters. The second kappa shape index (κ2) is 2.65. The van der Waals surface area contributed by atoms with Crippen LogP contribution < -0.4 is 5.69 Å². The summed E-state index contributed by atoms with van der Waals surface area (Å²) in [5.74, 6) is 0. The van der Waals surface area contributed by atoms with Gasteiger partial charge in [-0.1, -0.05) is 6.92 Å². The molecule has 2 aromatic rings. The highest BCUT2D eigenvalue weighted by atomic mass is 16.1. The van der Waals surface area contributed by atoms with E-state index in [0.29, 0.717) is 11.2 Å². The van der Waals surface area contributed by atoms with E-state index < -0.39 is 0 Å². The van der Waals surface area contributed by atoms with Gasteiger partial charge >= 0.3 is 5.69 Å². The van der Waals surface area contributed by atoms with Gasteiger partial charge in [0.1, 0.15) is 5.52 Å². The fourth-order valence-electron chi connectivity index (χ4n) is 1.25. The number of nitrogens with one attached hydrogen (secondary N) is 1. The zero-order chi connectivity index (χ0) is 9.42. The van der Waals surface area contributed by atoms with Crippen LogP contribution in [0, 0.1) is 0 Å². The molecule has 1 N–H and O–H groups in total. The Kier molecular flexibility index (Phi) is 1.61. The minimum atomic E-state index is -0.188.